The molecule has 0 aliphatic rings. The summed E-state index contributed by atoms with van der Waals surface area (Å²) in [6.07, 6.45) is 3.12. The highest BCUT2D eigenvalue weighted by molar-refractivity contribution is 9.10. The monoisotopic (exact) mass is 426 g/mol. The van der Waals surface area contributed by atoms with E-state index in [1.165, 1.54) is 13.2 Å². The number of anilines is 1. The summed E-state index contributed by atoms with van der Waals surface area (Å²) < 4.78 is 11.6. The topological polar surface area (TPSA) is 71.3 Å². The molecule has 0 atom stereocenters. The van der Waals surface area contributed by atoms with Gasteiger partial charge in [-0.2, -0.15) is 5.26 Å². The first-order valence-electron chi connectivity index (χ1n) is 8.09. The molecule has 0 aliphatic carbocycles. The van der Waals surface area contributed by atoms with Gasteiger partial charge in [0, 0.05) is 5.69 Å². The zero-order chi connectivity index (χ0) is 19.8. The second kappa shape index (κ2) is 9.60. The number of ether oxygens (including phenoxy) is 2. The molecule has 0 radical (unpaired) electrons. The summed E-state index contributed by atoms with van der Waals surface area (Å²) in [5, 5.41) is 12.1. The normalized spacial score (nSPS) is 10.7. The smallest absolute Gasteiger partial charge is 0.266 e. The molecule has 0 aliphatic heterocycles. The maximum absolute atomic E-state index is 12.4. The number of halogens is 1. The van der Waals surface area contributed by atoms with Crippen molar-refractivity contribution in [3.05, 3.63) is 70.2 Å². The van der Waals surface area contributed by atoms with Gasteiger partial charge in [0.15, 0.2) is 11.5 Å². The minimum absolute atomic E-state index is 0.0229. The standard InChI is InChI=1S/C21H19BrN2O3/c1-4-8-27-20-18(22)11-15(12-19(20)26-3)10-16(13-23)21(25)24-17-7-5-6-14(2)9-17/h4-7,9-12H,1,8H2,2-3H3,(H,24,25)/b16-10+. The Labute approximate surface area is 167 Å². The number of hydrogen-bond donors (Lipinski definition) is 1. The third kappa shape index (κ3) is 5.47. The van der Waals surface area contributed by atoms with Gasteiger partial charge in [-0.25, -0.2) is 0 Å². The van der Waals surface area contributed by atoms with E-state index in [2.05, 4.69) is 27.8 Å². The van der Waals surface area contributed by atoms with Crippen LogP contribution in [0.5, 0.6) is 11.5 Å². The van der Waals surface area contributed by atoms with Crippen molar-refractivity contribution in [1.29, 1.82) is 5.26 Å². The number of rotatable bonds is 7. The summed E-state index contributed by atoms with van der Waals surface area (Å²) in [7, 11) is 1.52. The fourth-order valence-electron chi connectivity index (χ4n) is 2.34. The fraction of sp³-hybridized carbons (Fsp3) is 0.143. The van der Waals surface area contributed by atoms with Crippen molar-refractivity contribution in [1.82, 2.24) is 0 Å². The van der Waals surface area contributed by atoms with Crippen LogP contribution in [0.4, 0.5) is 5.69 Å². The number of carbonyl (C=O) groups is 1. The van der Waals surface area contributed by atoms with Crippen LogP contribution in [0.2, 0.25) is 0 Å². The maximum atomic E-state index is 12.4. The molecule has 1 amide bonds. The predicted octanol–water partition coefficient (Wildman–Crippen LogP) is 4.88. The van der Waals surface area contributed by atoms with Gasteiger partial charge in [-0.15, -0.1) is 0 Å². The van der Waals surface area contributed by atoms with Crippen molar-refractivity contribution in [2.24, 2.45) is 0 Å². The van der Waals surface area contributed by atoms with Gasteiger partial charge < -0.3 is 14.8 Å². The highest BCUT2D eigenvalue weighted by atomic mass is 79.9. The van der Waals surface area contributed by atoms with Crippen molar-refractivity contribution in [3.63, 3.8) is 0 Å². The highest BCUT2D eigenvalue weighted by Gasteiger charge is 2.14. The van der Waals surface area contributed by atoms with Crippen LogP contribution in [-0.2, 0) is 4.79 Å². The van der Waals surface area contributed by atoms with E-state index in [4.69, 9.17) is 9.47 Å². The van der Waals surface area contributed by atoms with Crippen LogP contribution in [0.25, 0.3) is 6.08 Å². The number of nitriles is 1. The summed E-state index contributed by atoms with van der Waals surface area (Å²) in [5.74, 6) is 0.524. The van der Waals surface area contributed by atoms with Crippen LogP contribution < -0.4 is 14.8 Å². The molecule has 5 nitrogen and oxygen atoms in total. The summed E-state index contributed by atoms with van der Waals surface area (Å²) in [5.41, 5.74) is 2.25. The summed E-state index contributed by atoms with van der Waals surface area (Å²) in [6.45, 7) is 5.87. The van der Waals surface area contributed by atoms with Crippen molar-refractivity contribution in [2.45, 2.75) is 6.92 Å². The van der Waals surface area contributed by atoms with E-state index in [1.54, 1.807) is 24.3 Å². The lowest BCUT2D eigenvalue weighted by Gasteiger charge is -2.12. The first kappa shape index (κ1) is 20.3. The van der Waals surface area contributed by atoms with E-state index in [9.17, 15) is 10.1 Å². The number of amides is 1. The zero-order valence-electron chi connectivity index (χ0n) is 15.1. The van der Waals surface area contributed by atoms with E-state index in [1.807, 2.05) is 31.2 Å². The first-order chi connectivity index (χ1) is 13.0. The van der Waals surface area contributed by atoms with E-state index in [0.29, 0.717) is 33.8 Å². The second-order valence-electron chi connectivity index (χ2n) is 5.63. The minimum atomic E-state index is -0.481. The number of aryl methyl sites for hydroxylation is 1. The van der Waals surface area contributed by atoms with Gasteiger partial charge in [-0.3, -0.25) is 4.79 Å². The average Bonchev–Trinajstić information content (AvgIpc) is 2.64. The predicted molar refractivity (Wildman–Crippen MR) is 110 cm³/mol. The molecule has 0 fully saturated rings. The Hall–Kier alpha value is -3.04. The summed E-state index contributed by atoms with van der Waals surface area (Å²) >= 11 is 3.43. The molecular formula is C21H19BrN2O3. The lowest BCUT2D eigenvalue weighted by atomic mass is 10.1. The number of methoxy groups -OCH3 is 1. The summed E-state index contributed by atoms with van der Waals surface area (Å²) in [6, 6.07) is 12.7. The molecule has 0 unspecified atom stereocenters. The van der Waals surface area contributed by atoms with Crippen LogP contribution in [0, 0.1) is 18.3 Å². The SMILES string of the molecule is C=CCOc1c(Br)cc(/C=C(\C#N)C(=O)Nc2cccc(C)c2)cc1OC. The molecule has 0 saturated heterocycles. The molecule has 27 heavy (non-hydrogen) atoms. The van der Waals surface area contributed by atoms with Crippen LogP contribution in [-0.4, -0.2) is 19.6 Å². The Morgan fingerprint density at radius 2 is 2.15 bits per heavy atom. The first-order valence-corrected chi connectivity index (χ1v) is 8.88. The average molecular weight is 427 g/mol. The Balaban J connectivity index is 2.31. The van der Waals surface area contributed by atoms with Gasteiger partial charge in [0.2, 0.25) is 0 Å². The lowest BCUT2D eigenvalue weighted by molar-refractivity contribution is -0.112. The van der Waals surface area contributed by atoms with E-state index >= 15 is 0 Å². The molecule has 0 aromatic heterocycles. The molecule has 6 heteroatoms. The molecule has 0 bridgehead atoms. The molecule has 2 rings (SSSR count). The van der Waals surface area contributed by atoms with Gasteiger partial charge in [-0.1, -0.05) is 24.8 Å². The summed E-state index contributed by atoms with van der Waals surface area (Å²) in [4.78, 5) is 12.4. The number of nitrogens with one attached hydrogen (secondary N) is 1. The lowest BCUT2D eigenvalue weighted by Crippen LogP contribution is -2.13. The Kier molecular flexibility index (Phi) is 7.21. The largest absolute Gasteiger partial charge is 0.493 e. The Bertz CT molecular complexity index is 930. The number of benzene rings is 2. The minimum Gasteiger partial charge on any atom is -0.493 e. The van der Waals surface area contributed by atoms with Crippen molar-refractivity contribution in [2.75, 3.05) is 19.0 Å². The molecule has 0 saturated carbocycles. The van der Waals surface area contributed by atoms with Crippen LogP contribution >= 0.6 is 15.9 Å². The maximum Gasteiger partial charge on any atom is 0.266 e. The Morgan fingerprint density at radius 1 is 1.37 bits per heavy atom. The molecule has 1 N–H and O–H groups in total. The number of carbonyl (C=O) groups excluding carboxylic acids is 1. The van der Waals surface area contributed by atoms with Gasteiger partial charge in [0.05, 0.1) is 11.6 Å². The number of nitrogens with zero attached hydrogens (tertiary/aromatic N) is 1. The second-order valence-corrected chi connectivity index (χ2v) is 6.48. The third-order valence-corrected chi connectivity index (χ3v) is 4.14. The van der Waals surface area contributed by atoms with Gasteiger partial charge >= 0.3 is 0 Å². The van der Waals surface area contributed by atoms with Gasteiger partial charge in [0.25, 0.3) is 5.91 Å². The third-order valence-electron chi connectivity index (χ3n) is 3.55. The van der Waals surface area contributed by atoms with Crippen LogP contribution in [0.15, 0.2) is 59.1 Å². The van der Waals surface area contributed by atoms with Gasteiger partial charge in [0.1, 0.15) is 18.2 Å². The van der Waals surface area contributed by atoms with Crippen LogP contribution in [0.1, 0.15) is 11.1 Å². The molecule has 0 spiro atoms. The molecule has 2 aromatic carbocycles. The van der Waals surface area contributed by atoms with Crippen molar-refractivity contribution < 1.29 is 14.3 Å². The van der Waals surface area contributed by atoms with Crippen LogP contribution in [0.3, 0.4) is 0 Å². The molecule has 138 valence electrons. The quantitative estimate of drug-likeness (QED) is 0.389. The van der Waals surface area contributed by atoms with Crippen molar-refractivity contribution >= 4 is 33.6 Å². The highest BCUT2D eigenvalue weighted by Crippen LogP contribution is 2.37. The fourth-order valence-corrected chi connectivity index (χ4v) is 2.92. The molecule has 2 aromatic rings. The number of hydrogen-bond acceptors (Lipinski definition) is 4. The van der Waals surface area contributed by atoms with E-state index < -0.39 is 5.91 Å². The molecule has 0 heterocycles. The zero-order valence-corrected chi connectivity index (χ0v) is 16.7. The van der Waals surface area contributed by atoms with Crippen molar-refractivity contribution in [3.8, 4) is 17.6 Å². The molecular weight excluding hydrogens is 408 g/mol. The van der Waals surface area contributed by atoms with E-state index in [0.717, 1.165) is 5.56 Å². The van der Waals surface area contributed by atoms with Gasteiger partial charge in [-0.05, 0) is 64.3 Å². The van der Waals surface area contributed by atoms with E-state index in [-0.39, 0.29) is 5.57 Å². The Morgan fingerprint density at radius 3 is 2.78 bits per heavy atom.